The van der Waals surface area contributed by atoms with Gasteiger partial charge in [0.1, 0.15) is 11.3 Å². The van der Waals surface area contributed by atoms with E-state index < -0.39 is 24.0 Å². The zero-order valence-corrected chi connectivity index (χ0v) is 13.8. The molecule has 0 saturated heterocycles. The van der Waals surface area contributed by atoms with E-state index in [0.717, 1.165) is 12.1 Å². The Hall–Kier alpha value is 0.111. The smallest absolute Gasteiger partial charge is 0.455 e. The van der Waals surface area contributed by atoms with E-state index in [1.807, 2.05) is 0 Å². The molecule has 0 N–H and O–H groups in total. The fourth-order valence-corrected chi connectivity index (χ4v) is 1.05. The van der Waals surface area contributed by atoms with Gasteiger partial charge in [-0.15, -0.1) is 0 Å². The van der Waals surface area contributed by atoms with Crippen molar-refractivity contribution in [3.8, 4) is 0 Å². The molecule has 0 atom stereocenters. The summed E-state index contributed by atoms with van der Waals surface area (Å²) in [7, 11) is 0. The SMILES string of the molecule is CC(C)(C)OC(=O)c1ccc([B-](F)(F)F)cn1.[K+]. The van der Waals surface area contributed by atoms with E-state index in [4.69, 9.17) is 4.74 Å². The standard InChI is InChI=1S/C10H12BF3NO2.K/c1-10(2,3)17-9(16)8-5-4-7(6-15-8)11(12,13)14;/h4-6H,1-3H3;/q-1;+1. The summed E-state index contributed by atoms with van der Waals surface area (Å²) >= 11 is 0. The Balaban J connectivity index is 0.00000289. The third-order valence-corrected chi connectivity index (χ3v) is 1.77. The molecule has 0 aliphatic heterocycles. The molecule has 0 spiro atoms. The number of halogens is 3. The van der Waals surface area contributed by atoms with E-state index >= 15 is 0 Å². The maximum absolute atomic E-state index is 12.3. The van der Waals surface area contributed by atoms with Crippen LogP contribution < -0.4 is 56.8 Å². The molecule has 0 bridgehead atoms. The van der Waals surface area contributed by atoms with Gasteiger partial charge in [0.05, 0.1) is 0 Å². The van der Waals surface area contributed by atoms with Gasteiger partial charge in [-0.1, -0.05) is 11.5 Å². The van der Waals surface area contributed by atoms with Crippen LogP contribution >= 0.6 is 0 Å². The number of nitrogens with zero attached hydrogens (tertiary/aromatic N) is 1. The molecule has 0 aliphatic carbocycles. The Morgan fingerprint density at radius 2 is 1.83 bits per heavy atom. The van der Waals surface area contributed by atoms with Crippen LogP contribution in [-0.4, -0.2) is 23.5 Å². The second-order valence-electron chi connectivity index (χ2n) is 4.55. The van der Waals surface area contributed by atoms with Crippen LogP contribution in [0.2, 0.25) is 0 Å². The molecule has 3 nitrogen and oxygen atoms in total. The van der Waals surface area contributed by atoms with Crippen molar-refractivity contribution in [3.63, 3.8) is 0 Å². The van der Waals surface area contributed by atoms with Gasteiger partial charge < -0.3 is 17.7 Å². The Kier molecular flexibility index (Phi) is 6.55. The average molecular weight is 285 g/mol. The van der Waals surface area contributed by atoms with E-state index in [1.165, 1.54) is 0 Å². The summed E-state index contributed by atoms with van der Waals surface area (Å²) < 4.78 is 41.9. The Morgan fingerprint density at radius 1 is 1.28 bits per heavy atom. The molecule has 1 heterocycles. The summed E-state index contributed by atoms with van der Waals surface area (Å²) in [5.74, 6) is -0.737. The van der Waals surface area contributed by atoms with Gasteiger partial charge in [0.25, 0.3) is 0 Å². The number of hydrogen-bond donors (Lipinski definition) is 0. The van der Waals surface area contributed by atoms with E-state index in [0.29, 0.717) is 6.20 Å². The first-order chi connectivity index (χ1) is 7.59. The van der Waals surface area contributed by atoms with Gasteiger partial charge >= 0.3 is 64.3 Å². The summed E-state index contributed by atoms with van der Waals surface area (Å²) in [5, 5.41) is 0. The quantitative estimate of drug-likeness (QED) is 0.522. The Bertz CT molecular complexity index is 415. The number of rotatable bonds is 2. The Labute approximate surface area is 146 Å². The molecule has 0 radical (unpaired) electrons. The van der Waals surface area contributed by atoms with Crippen LogP contribution in [0.15, 0.2) is 18.3 Å². The molecule has 94 valence electrons. The maximum Gasteiger partial charge on any atom is 1.00 e. The molecule has 0 saturated carbocycles. The first-order valence-electron chi connectivity index (χ1n) is 4.99. The van der Waals surface area contributed by atoms with Crippen molar-refractivity contribution in [2.75, 3.05) is 0 Å². The van der Waals surface area contributed by atoms with Crippen LogP contribution in [0.4, 0.5) is 12.9 Å². The fourth-order valence-electron chi connectivity index (χ4n) is 1.05. The minimum Gasteiger partial charge on any atom is -0.455 e. The molecule has 1 aromatic heterocycles. The van der Waals surface area contributed by atoms with Crippen molar-refractivity contribution in [2.45, 2.75) is 26.4 Å². The second kappa shape index (κ2) is 6.51. The van der Waals surface area contributed by atoms with Gasteiger partial charge in [-0.05, 0) is 26.8 Å². The molecule has 1 aromatic rings. The zero-order chi connectivity index (χ0) is 13.3. The van der Waals surface area contributed by atoms with Crippen LogP contribution in [-0.2, 0) is 4.74 Å². The first kappa shape index (κ1) is 18.1. The van der Waals surface area contributed by atoms with Gasteiger partial charge in [-0.2, -0.15) is 0 Å². The molecule has 0 fully saturated rings. The van der Waals surface area contributed by atoms with Crippen molar-refractivity contribution >= 4 is 18.4 Å². The number of aromatic nitrogens is 1. The predicted molar refractivity (Wildman–Crippen MR) is 58.1 cm³/mol. The van der Waals surface area contributed by atoms with E-state index in [-0.39, 0.29) is 57.1 Å². The second-order valence-corrected chi connectivity index (χ2v) is 4.55. The van der Waals surface area contributed by atoms with Crippen LogP contribution in [0, 0.1) is 0 Å². The summed E-state index contributed by atoms with van der Waals surface area (Å²) in [6.07, 6.45) is 0.638. The van der Waals surface area contributed by atoms with Gasteiger partial charge in [-0.3, -0.25) is 4.98 Å². The third-order valence-electron chi connectivity index (χ3n) is 1.77. The van der Waals surface area contributed by atoms with Crippen molar-refractivity contribution in [3.05, 3.63) is 24.0 Å². The Morgan fingerprint density at radius 3 is 2.17 bits per heavy atom. The summed E-state index contributed by atoms with van der Waals surface area (Å²) in [6.45, 7) is -0.0917. The minimum atomic E-state index is -5.09. The minimum absolute atomic E-state index is 0. The fraction of sp³-hybridized carbons (Fsp3) is 0.400. The van der Waals surface area contributed by atoms with E-state index in [1.54, 1.807) is 20.8 Å². The summed E-state index contributed by atoms with van der Waals surface area (Å²) in [5.41, 5.74) is -1.67. The summed E-state index contributed by atoms with van der Waals surface area (Å²) in [6, 6.07) is 1.84. The van der Waals surface area contributed by atoms with Gasteiger partial charge in [0.2, 0.25) is 0 Å². The number of carbonyl (C=O) groups is 1. The molecule has 0 aromatic carbocycles. The van der Waals surface area contributed by atoms with Gasteiger partial charge in [-0.25, -0.2) is 4.79 Å². The number of hydrogen-bond acceptors (Lipinski definition) is 3. The first-order valence-corrected chi connectivity index (χ1v) is 4.99. The zero-order valence-electron chi connectivity index (χ0n) is 10.7. The molecular formula is C10H12BF3KNO2. The predicted octanol–water partition coefficient (Wildman–Crippen LogP) is -0.905. The molecule has 1 rings (SSSR count). The number of ether oxygens (including phenoxy) is 1. The van der Waals surface area contributed by atoms with Gasteiger partial charge in [0.15, 0.2) is 0 Å². The number of pyridine rings is 1. The van der Waals surface area contributed by atoms with Crippen LogP contribution in [0.1, 0.15) is 31.3 Å². The number of esters is 1. The topological polar surface area (TPSA) is 39.2 Å². The van der Waals surface area contributed by atoms with E-state index in [9.17, 15) is 17.7 Å². The monoisotopic (exact) mass is 285 g/mol. The molecule has 8 heteroatoms. The van der Waals surface area contributed by atoms with Gasteiger partial charge in [0, 0.05) is 6.20 Å². The van der Waals surface area contributed by atoms with Crippen molar-refractivity contribution in [1.29, 1.82) is 0 Å². The number of carbonyl (C=O) groups excluding carboxylic acids is 1. The average Bonchev–Trinajstić information content (AvgIpc) is 2.14. The maximum atomic E-state index is 12.3. The largest absolute Gasteiger partial charge is 1.00 e. The van der Waals surface area contributed by atoms with Crippen LogP contribution in [0.3, 0.4) is 0 Å². The van der Waals surface area contributed by atoms with Crippen molar-refractivity contribution in [1.82, 2.24) is 4.98 Å². The molecular weight excluding hydrogens is 273 g/mol. The van der Waals surface area contributed by atoms with Crippen LogP contribution in [0.25, 0.3) is 0 Å². The molecule has 0 amide bonds. The molecule has 0 unspecified atom stereocenters. The van der Waals surface area contributed by atoms with Crippen molar-refractivity contribution < 1.29 is 73.9 Å². The summed E-state index contributed by atoms with van der Waals surface area (Å²) in [4.78, 5) is 14.9. The molecule has 18 heavy (non-hydrogen) atoms. The molecule has 0 aliphatic rings. The third kappa shape index (κ3) is 5.83. The van der Waals surface area contributed by atoms with Crippen LogP contribution in [0.5, 0.6) is 0 Å². The van der Waals surface area contributed by atoms with E-state index in [2.05, 4.69) is 4.98 Å². The van der Waals surface area contributed by atoms with Crippen molar-refractivity contribution in [2.24, 2.45) is 0 Å². The normalized spacial score (nSPS) is 11.7.